The molecule has 0 bridgehead atoms. The van der Waals surface area contributed by atoms with E-state index in [0.717, 1.165) is 24.5 Å². The second-order valence-electron chi connectivity index (χ2n) is 7.68. The van der Waals surface area contributed by atoms with Gasteiger partial charge in [0, 0.05) is 49.3 Å². The molecule has 2 aliphatic heterocycles. The number of aromatic nitrogens is 2. The van der Waals surface area contributed by atoms with Crippen LogP contribution in [0.15, 0.2) is 42.9 Å². The molecule has 2 aliphatic rings. The van der Waals surface area contributed by atoms with Crippen LogP contribution in [-0.4, -0.2) is 54.2 Å². The Labute approximate surface area is 162 Å². The Morgan fingerprint density at radius 3 is 2.52 bits per heavy atom. The predicted octanol–water partition coefficient (Wildman–Crippen LogP) is 3.72. The summed E-state index contributed by atoms with van der Waals surface area (Å²) in [4.78, 5) is 14.0. The first-order valence-corrected chi connectivity index (χ1v) is 10.2. The van der Waals surface area contributed by atoms with E-state index in [9.17, 15) is 0 Å². The summed E-state index contributed by atoms with van der Waals surface area (Å²) in [7, 11) is 1.75. The fourth-order valence-electron chi connectivity index (χ4n) is 4.68. The monoisotopic (exact) mass is 366 g/mol. The minimum atomic E-state index is 0.525. The normalized spacial score (nSPS) is 22.4. The van der Waals surface area contributed by atoms with Crippen LogP contribution >= 0.6 is 0 Å². The van der Waals surface area contributed by atoms with Gasteiger partial charge in [0.25, 0.3) is 0 Å². The van der Waals surface area contributed by atoms with Crippen molar-refractivity contribution in [3.8, 4) is 5.75 Å². The first-order chi connectivity index (χ1) is 13.3. The number of anilines is 1. The van der Waals surface area contributed by atoms with Gasteiger partial charge in [-0.1, -0.05) is 0 Å². The van der Waals surface area contributed by atoms with Crippen molar-refractivity contribution >= 4 is 5.69 Å². The number of likely N-dealkylation sites (tertiary alicyclic amines) is 1. The zero-order valence-corrected chi connectivity index (χ0v) is 16.3. The molecule has 0 amide bonds. The van der Waals surface area contributed by atoms with Gasteiger partial charge in [-0.3, -0.25) is 9.97 Å². The Hall–Kier alpha value is -2.14. The van der Waals surface area contributed by atoms with Crippen molar-refractivity contribution in [2.45, 2.75) is 44.1 Å². The minimum absolute atomic E-state index is 0.525. The van der Waals surface area contributed by atoms with Crippen LogP contribution in [0.1, 0.15) is 43.7 Å². The van der Waals surface area contributed by atoms with Crippen molar-refractivity contribution in [1.82, 2.24) is 14.9 Å². The third kappa shape index (κ3) is 4.24. The van der Waals surface area contributed by atoms with Crippen LogP contribution < -0.4 is 9.64 Å². The molecule has 2 saturated heterocycles. The number of hydrogen-bond donors (Lipinski definition) is 0. The lowest BCUT2D eigenvalue weighted by Gasteiger charge is -2.37. The minimum Gasteiger partial charge on any atom is -0.495 e. The molecule has 5 nitrogen and oxygen atoms in total. The molecule has 27 heavy (non-hydrogen) atoms. The van der Waals surface area contributed by atoms with Gasteiger partial charge in [-0.2, -0.15) is 0 Å². The smallest absolute Gasteiger partial charge is 0.140 e. The van der Waals surface area contributed by atoms with Crippen molar-refractivity contribution < 1.29 is 4.74 Å². The lowest BCUT2D eigenvalue weighted by molar-refractivity contribution is 0.140. The van der Waals surface area contributed by atoms with Crippen LogP contribution in [0.2, 0.25) is 0 Å². The molecular formula is C22H30N4O. The Kier molecular flexibility index (Phi) is 5.87. The SMILES string of the molecule is COc1cccnc1C1CCN(C2CCCN(c3ccncc3)CC2)CC1. The van der Waals surface area contributed by atoms with Gasteiger partial charge in [0.2, 0.25) is 0 Å². The van der Waals surface area contributed by atoms with Gasteiger partial charge in [0.1, 0.15) is 5.75 Å². The van der Waals surface area contributed by atoms with Gasteiger partial charge in [-0.15, -0.1) is 0 Å². The fourth-order valence-corrected chi connectivity index (χ4v) is 4.68. The molecule has 0 N–H and O–H groups in total. The van der Waals surface area contributed by atoms with Crippen LogP contribution in [0, 0.1) is 0 Å². The van der Waals surface area contributed by atoms with Crippen molar-refractivity contribution in [1.29, 1.82) is 0 Å². The fraction of sp³-hybridized carbons (Fsp3) is 0.545. The van der Waals surface area contributed by atoms with E-state index in [1.165, 1.54) is 50.9 Å². The Bertz CT molecular complexity index is 715. The zero-order chi connectivity index (χ0) is 18.5. The predicted molar refractivity (Wildman–Crippen MR) is 108 cm³/mol. The van der Waals surface area contributed by atoms with E-state index < -0.39 is 0 Å². The standard InChI is InChI=1S/C22H30N4O/c1-27-21-5-2-11-24-22(21)18-8-15-26(16-9-18)19-4-3-14-25(17-10-19)20-6-12-23-13-7-20/h2,5-7,11-13,18-19H,3-4,8-10,14-17H2,1H3. The summed E-state index contributed by atoms with van der Waals surface area (Å²) in [5, 5.41) is 0. The maximum Gasteiger partial charge on any atom is 0.140 e. The second-order valence-corrected chi connectivity index (χ2v) is 7.68. The topological polar surface area (TPSA) is 41.5 Å². The zero-order valence-electron chi connectivity index (χ0n) is 16.3. The molecule has 144 valence electrons. The maximum atomic E-state index is 5.53. The first-order valence-electron chi connectivity index (χ1n) is 10.2. The summed E-state index contributed by atoms with van der Waals surface area (Å²) in [6.07, 6.45) is 11.9. The molecular weight excluding hydrogens is 336 g/mol. The first kappa shape index (κ1) is 18.2. The summed E-state index contributed by atoms with van der Waals surface area (Å²) in [6.45, 7) is 4.64. The van der Waals surface area contributed by atoms with Crippen LogP contribution in [-0.2, 0) is 0 Å². The van der Waals surface area contributed by atoms with Gasteiger partial charge in [-0.25, -0.2) is 0 Å². The third-order valence-electron chi connectivity index (χ3n) is 6.18. The Morgan fingerprint density at radius 2 is 1.74 bits per heavy atom. The van der Waals surface area contributed by atoms with Gasteiger partial charge >= 0.3 is 0 Å². The average Bonchev–Trinajstić information content (AvgIpc) is 3.01. The number of hydrogen-bond acceptors (Lipinski definition) is 5. The highest BCUT2D eigenvalue weighted by atomic mass is 16.5. The van der Waals surface area contributed by atoms with E-state index in [1.807, 2.05) is 30.7 Å². The largest absolute Gasteiger partial charge is 0.495 e. The number of pyridine rings is 2. The number of nitrogens with zero attached hydrogens (tertiary/aromatic N) is 4. The van der Waals surface area contributed by atoms with E-state index in [2.05, 4.69) is 31.9 Å². The van der Waals surface area contributed by atoms with Gasteiger partial charge in [0.05, 0.1) is 12.8 Å². The Balaban J connectivity index is 1.33. The molecule has 2 aromatic rings. The van der Waals surface area contributed by atoms with Crippen LogP contribution in [0.25, 0.3) is 0 Å². The van der Waals surface area contributed by atoms with Crippen molar-refractivity contribution in [2.75, 3.05) is 38.2 Å². The summed E-state index contributed by atoms with van der Waals surface area (Å²) in [5.41, 5.74) is 2.45. The molecule has 4 rings (SSSR count). The summed E-state index contributed by atoms with van der Waals surface area (Å²) >= 11 is 0. The van der Waals surface area contributed by atoms with E-state index in [0.29, 0.717) is 12.0 Å². The molecule has 1 atom stereocenters. The highest BCUT2D eigenvalue weighted by Gasteiger charge is 2.29. The molecule has 2 aromatic heterocycles. The number of ether oxygens (including phenoxy) is 1. The second kappa shape index (κ2) is 8.70. The molecule has 0 aromatic carbocycles. The highest BCUT2D eigenvalue weighted by molar-refractivity contribution is 5.44. The average molecular weight is 367 g/mol. The van der Waals surface area contributed by atoms with E-state index >= 15 is 0 Å². The van der Waals surface area contributed by atoms with Crippen molar-refractivity contribution in [3.63, 3.8) is 0 Å². The Morgan fingerprint density at radius 1 is 0.926 bits per heavy atom. The summed E-state index contributed by atoms with van der Waals surface area (Å²) in [6, 6.07) is 8.96. The quantitative estimate of drug-likeness (QED) is 0.825. The van der Waals surface area contributed by atoms with Crippen LogP contribution in [0.5, 0.6) is 5.75 Å². The number of piperidine rings is 1. The summed E-state index contributed by atoms with van der Waals surface area (Å²) in [5.74, 6) is 1.47. The van der Waals surface area contributed by atoms with Crippen LogP contribution in [0.4, 0.5) is 5.69 Å². The van der Waals surface area contributed by atoms with Crippen molar-refractivity contribution in [3.05, 3.63) is 48.5 Å². The maximum absolute atomic E-state index is 5.53. The molecule has 4 heterocycles. The molecule has 2 fully saturated rings. The molecule has 0 spiro atoms. The molecule has 0 saturated carbocycles. The van der Waals surface area contributed by atoms with E-state index in [1.54, 1.807) is 7.11 Å². The van der Waals surface area contributed by atoms with E-state index in [-0.39, 0.29) is 0 Å². The molecule has 5 heteroatoms. The lowest BCUT2D eigenvalue weighted by Crippen LogP contribution is -2.41. The molecule has 0 radical (unpaired) electrons. The number of methoxy groups -OCH3 is 1. The van der Waals surface area contributed by atoms with Crippen molar-refractivity contribution in [2.24, 2.45) is 0 Å². The highest BCUT2D eigenvalue weighted by Crippen LogP contribution is 2.34. The van der Waals surface area contributed by atoms with Crippen LogP contribution in [0.3, 0.4) is 0 Å². The number of rotatable bonds is 4. The lowest BCUT2D eigenvalue weighted by atomic mass is 9.91. The molecule has 1 unspecified atom stereocenters. The van der Waals surface area contributed by atoms with E-state index in [4.69, 9.17) is 4.74 Å². The van der Waals surface area contributed by atoms with Gasteiger partial charge in [-0.05, 0) is 69.5 Å². The molecule has 0 aliphatic carbocycles. The third-order valence-corrected chi connectivity index (χ3v) is 6.18. The van der Waals surface area contributed by atoms with Gasteiger partial charge < -0.3 is 14.5 Å². The van der Waals surface area contributed by atoms with Gasteiger partial charge in [0.15, 0.2) is 0 Å². The summed E-state index contributed by atoms with van der Waals surface area (Å²) < 4.78 is 5.53.